The highest BCUT2D eigenvalue weighted by atomic mass is 16.5. The Morgan fingerprint density at radius 1 is 1.00 bits per heavy atom. The number of ether oxygens (including phenoxy) is 1. The van der Waals surface area contributed by atoms with Gasteiger partial charge in [0.15, 0.2) is 0 Å². The highest BCUT2D eigenvalue weighted by Gasteiger charge is 2.09. The first-order valence-corrected chi connectivity index (χ1v) is 8.44. The van der Waals surface area contributed by atoms with Crippen LogP contribution in [0, 0.1) is 6.92 Å². The number of benzene rings is 1. The van der Waals surface area contributed by atoms with Gasteiger partial charge in [0.1, 0.15) is 12.0 Å². The van der Waals surface area contributed by atoms with Crippen LogP contribution in [-0.2, 0) is 6.42 Å². The van der Waals surface area contributed by atoms with Crippen molar-refractivity contribution in [2.24, 2.45) is 0 Å². The first kappa shape index (κ1) is 17.7. The zero-order valence-corrected chi connectivity index (χ0v) is 13.9. The number of rotatable bonds is 11. The summed E-state index contributed by atoms with van der Waals surface area (Å²) in [7, 11) is 0. The van der Waals surface area contributed by atoms with E-state index in [0.717, 1.165) is 49.0 Å². The van der Waals surface area contributed by atoms with Crippen molar-refractivity contribution < 1.29 is 9.53 Å². The van der Waals surface area contributed by atoms with E-state index in [0.29, 0.717) is 0 Å². The summed E-state index contributed by atoms with van der Waals surface area (Å²) in [4.78, 5) is 11.0. The fraction of sp³-hybridized carbons (Fsp3) is 0.632. The van der Waals surface area contributed by atoms with Gasteiger partial charge in [-0.2, -0.15) is 0 Å². The van der Waals surface area contributed by atoms with Gasteiger partial charge >= 0.3 is 0 Å². The zero-order chi connectivity index (χ0) is 15.5. The maximum absolute atomic E-state index is 11.0. The van der Waals surface area contributed by atoms with Crippen molar-refractivity contribution in [1.82, 2.24) is 0 Å². The van der Waals surface area contributed by atoms with Crippen LogP contribution >= 0.6 is 0 Å². The summed E-state index contributed by atoms with van der Waals surface area (Å²) in [5, 5.41) is 0. The zero-order valence-electron chi connectivity index (χ0n) is 13.9. The Balaban J connectivity index is 2.51. The molecule has 0 saturated heterocycles. The van der Waals surface area contributed by atoms with Gasteiger partial charge < -0.3 is 4.74 Å². The molecule has 0 aliphatic rings. The van der Waals surface area contributed by atoms with Crippen molar-refractivity contribution in [3.8, 4) is 5.75 Å². The molecule has 1 rings (SSSR count). The Hall–Kier alpha value is -1.31. The molecule has 2 heteroatoms. The van der Waals surface area contributed by atoms with Gasteiger partial charge in [-0.25, -0.2) is 0 Å². The van der Waals surface area contributed by atoms with Crippen LogP contribution in [-0.4, -0.2) is 12.9 Å². The van der Waals surface area contributed by atoms with E-state index in [4.69, 9.17) is 4.74 Å². The van der Waals surface area contributed by atoms with Crippen molar-refractivity contribution in [2.75, 3.05) is 6.61 Å². The van der Waals surface area contributed by atoms with Gasteiger partial charge in [-0.05, 0) is 43.0 Å². The number of unbranched alkanes of at least 4 members (excludes halogenated alkanes) is 5. The second-order valence-corrected chi connectivity index (χ2v) is 5.81. The average molecular weight is 290 g/mol. The molecule has 0 N–H and O–H groups in total. The van der Waals surface area contributed by atoms with E-state index in [9.17, 15) is 4.79 Å². The lowest BCUT2D eigenvalue weighted by molar-refractivity contribution is 0.112. The Kier molecular flexibility index (Phi) is 8.80. The van der Waals surface area contributed by atoms with Crippen LogP contribution in [0.15, 0.2) is 12.1 Å². The minimum atomic E-state index is 0.753. The third-order valence-electron chi connectivity index (χ3n) is 3.77. The largest absolute Gasteiger partial charge is 0.493 e. The normalized spacial score (nSPS) is 10.6. The smallest absolute Gasteiger partial charge is 0.150 e. The summed E-state index contributed by atoms with van der Waals surface area (Å²) in [6, 6.07) is 3.89. The van der Waals surface area contributed by atoms with Crippen LogP contribution in [0.1, 0.15) is 80.3 Å². The predicted octanol–water partition coefficient (Wildman–Crippen LogP) is 5.50. The first-order chi connectivity index (χ1) is 10.2. The van der Waals surface area contributed by atoms with Gasteiger partial charge in [0, 0.05) is 5.56 Å². The fourth-order valence-electron chi connectivity index (χ4n) is 2.66. The molecule has 0 aliphatic heterocycles. The number of hydrogen-bond acceptors (Lipinski definition) is 2. The van der Waals surface area contributed by atoms with Gasteiger partial charge in [0.2, 0.25) is 0 Å². The summed E-state index contributed by atoms with van der Waals surface area (Å²) in [5.41, 5.74) is 3.00. The molecule has 0 fully saturated rings. The van der Waals surface area contributed by atoms with E-state index in [1.165, 1.54) is 37.7 Å². The molecule has 0 heterocycles. The lowest BCUT2D eigenvalue weighted by Gasteiger charge is -2.15. The van der Waals surface area contributed by atoms with Crippen molar-refractivity contribution in [2.45, 2.75) is 72.1 Å². The monoisotopic (exact) mass is 290 g/mol. The van der Waals surface area contributed by atoms with Crippen LogP contribution in [0.3, 0.4) is 0 Å². The molecule has 21 heavy (non-hydrogen) atoms. The van der Waals surface area contributed by atoms with E-state index < -0.39 is 0 Å². The van der Waals surface area contributed by atoms with Gasteiger partial charge in [0.25, 0.3) is 0 Å². The molecule has 118 valence electrons. The summed E-state index contributed by atoms with van der Waals surface area (Å²) in [6.45, 7) is 7.21. The Morgan fingerprint density at radius 2 is 1.71 bits per heavy atom. The number of hydrogen-bond donors (Lipinski definition) is 0. The maximum Gasteiger partial charge on any atom is 0.150 e. The van der Waals surface area contributed by atoms with Crippen LogP contribution < -0.4 is 4.74 Å². The molecule has 0 bridgehead atoms. The van der Waals surface area contributed by atoms with E-state index >= 15 is 0 Å². The van der Waals surface area contributed by atoms with Gasteiger partial charge in [0.05, 0.1) is 6.61 Å². The summed E-state index contributed by atoms with van der Waals surface area (Å²) < 4.78 is 6.01. The number of carbonyl (C=O) groups excluding carboxylic acids is 1. The molecular weight excluding hydrogens is 260 g/mol. The Bertz CT molecular complexity index is 424. The molecule has 0 aromatic heterocycles. The van der Waals surface area contributed by atoms with Crippen molar-refractivity contribution in [3.05, 3.63) is 28.8 Å². The molecule has 2 nitrogen and oxygen atoms in total. The topological polar surface area (TPSA) is 26.3 Å². The molecule has 1 aromatic carbocycles. The van der Waals surface area contributed by atoms with Gasteiger partial charge in [-0.1, -0.05) is 52.4 Å². The Labute approximate surface area is 129 Å². The third-order valence-corrected chi connectivity index (χ3v) is 3.77. The highest BCUT2D eigenvalue weighted by molar-refractivity contribution is 5.76. The van der Waals surface area contributed by atoms with E-state index in [2.05, 4.69) is 13.8 Å². The van der Waals surface area contributed by atoms with Crippen molar-refractivity contribution >= 4 is 6.29 Å². The molecule has 0 atom stereocenters. The summed E-state index contributed by atoms with van der Waals surface area (Å²) >= 11 is 0. The van der Waals surface area contributed by atoms with Crippen LogP contribution in [0.4, 0.5) is 0 Å². The molecule has 0 radical (unpaired) electrons. The Morgan fingerprint density at radius 3 is 2.38 bits per heavy atom. The minimum Gasteiger partial charge on any atom is -0.493 e. The quantitative estimate of drug-likeness (QED) is 0.397. The molecule has 0 unspecified atom stereocenters. The van der Waals surface area contributed by atoms with Gasteiger partial charge in [-0.15, -0.1) is 0 Å². The maximum atomic E-state index is 11.0. The van der Waals surface area contributed by atoms with Crippen LogP contribution in [0.5, 0.6) is 5.75 Å². The van der Waals surface area contributed by atoms with E-state index in [1.54, 1.807) is 0 Å². The second kappa shape index (κ2) is 10.4. The number of aldehydes is 1. The number of aryl methyl sites for hydroxylation is 2. The standard InChI is InChI=1S/C19H30O2/c1-4-6-7-8-9-10-12-21-19-16(3)13-17(15-20)14-18(19)11-5-2/h13-15H,4-12H2,1-3H3. The lowest BCUT2D eigenvalue weighted by atomic mass is 10.0. The SMILES string of the molecule is CCCCCCCCOc1c(C)cc(C=O)cc1CCC. The van der Waals surface area contributed by atoms with Crippen molar-refractivity contribution in [3.63, 3.8) is 0 Å². The minimum absolute atomic E-state index is 0.753. The number of carbonyl (C=O) groups is 1. The summed E-state index contributed by atoms with van der Waals surface area (Å²) in [5.74, 6) is 0.996. The molecule has 0 saturated carbocycles. The molecule has 1 aromatic rings. The summed E-state index contributed by atoms with van der Waals surface area (Å²) in [6.07, 6.45) is 10.6. The van der Waals surface area contributed by atoms with Crippen LogP contribution in [0.2, 0.25) is 0 Å². The van der Waals surface area contributed by atoms with Gasteiger partial charge in [-0.3, -0.25) is 4.79 Å². The van der Waals surface area contributed by atoms with E-state index in [-0.39, 0.29) is 0 Å². The molecule has 0 spiro atoms. The molecular formula is C19H30O2. The second-order valence-electron chi connectivity index (χ2n) is 5.81. The molecule has 0 aliphatic carbocycles. The van der Waals surface area contributed by atoms with Crippen molar-refractivity contribution in [1.29, 1.82) is 0 Å². The molecule has 0 amide bonds. The lowest BCUT2D eigenvalue weighted by Crippen LogP contribution is -2.03. The van der Waals surface area contributed by atoms with Crippen LogP contribution in [0.25, 0.3) is 0 Å². The predicted molar refractivity (Wildman–Crippen MR) is 89.4 cm³/mol. The first-order valence-electron chi connectivity index (χ1n) is 8.44. The van der Waals surface area contributed by atoms with E-state index in [1.807, 2.05) is 19.1 Å². The third kappa shape index (κ3) is 6.33. The average Bonchev–Trinajstić information content (AvgIpc) is 2.48. The fourth-order valence-corrected chi connectivity index (χ4v) is 2.66. The highest BCUT2D eigenvalue weighted by Crippen LogP contribution is 2.26.